The molecule has 0 saturated heterocycles. The smallest absolute Gasteiger partial charge is 0.124 e. The summed E-state index contributed by atoms with van der Waals surface area (Å²) in [5.41, 5.74) is 6.04. The fraction of sp³-hybridized carbons (Fsp3) is 0.118. The SMILES string of the molecule is Cc1ccc(-c2nc(-c3ccccc3)cs2)c(C)c1. The Balaban J connectivity index is 2.02. The van der Waals surface area contributed by atoms with E-state index in [2.05, 4.69) is 49.6 Å². The molecule has 3 rings (SSSR count). The van der Waals surface area contributed by atoms with Crippen LogP contribution in [0.2, 0.25) is 0 Å². The van der Waals surface area contributed by atoms with Gasteiger partial charge in [-0.05, 0) is 19.4 Å². The van der Waals surface area contributed by atoms with Crippen molar-refractivity contribution >= 4 is 11.3 Å². The van der Waals surface area contributed by atoms with Crippen LogP contribution >= 0.6 is 11.3 Å². The predicted molar refractivity (Wildman–Crippen MR) is 82.5 cm³/mol. The molecule has 0 radical (unpaired) electrons. The number of thiazole rings is 1. The average molecular weight is 265 g/mol. The second kappa shape index (κ2) is 4.98. The maximum Gasteiger partial charge on any atom is 0.124 e. The first-order valence-electron chi connectivity index (χ1n) is 6.32. The maximum atomic E-state index is 4.76. The molecule has 0 unspecified atom stereocenters. The number of hydrogen-bond donors (Lipinski definition) is 0. The highest BCUT2D eigenvalue weighted by molar-refractivity contribution is 7.13. The van der Waals surface area contributed by atoms with Gasteiger partial charge in [-0.2, -0.15) is 0 Å². The van der Waals surface area contributed by atoms with Crippen LogP contribution in [0.25, 0.3) is 21.8 Å². The van der Waals surface area contributed by atoms with E-state index in [1.165, 1.54) is 22.3 Å². The predicted octanol–water partition coefficient (Wildman–Crippen LogP) is 5.09. The van der Waals surface area contributed by atoms with Gasteiger partial charge in [-0.3, -0.25) is 0 Å². The van der Waals surface area contributed by atoms with Crippen molar-refractivity contribution in [3.05, 3.63) is 65.0 Å². The van der Waals surface area contributed by atoms with E-state index in [9.17, 15) is 0 Å². The molecule has 2 aromatic carbocycles. The molecule has 0 aliphatic carbocycles. The van der Waals surface area contributed by atoms with E-state index in [0.717, 1.165) is 10.7 Å². The fourth-order valence-corrected chi connectivity index (χ4v) is 3.11. The molecule has 0 N–H and O–H groups in total. The van der Waals surface area contributed by atoms with Gasteiger partial charge in [0.2, 0.25) is 0 Å². The van der Waals surface area contributed by atoms with Crippen LogP contribution in [0.4, 0.5) is 0 Å². The third-order valence-electron chi connectivity index (χ3n) is 3.19. The molecule has 1 nitrogen and oxygen atoms in total. The first kappa shape index (κ1) is 12.1. The van der Waals surface area contributed by atoms with E-state index in [1.54, 1.807) is 11.3 Å². The summed E-state index contributed by atoms with van der Waals surface area (Å²) in [5, 5.41) is 3.22. The van der Waals surface area contributed by atoms with Gasteiger partial charge in [0.15, 0.2) is 0 Å². The van der Waals surface area contributed by atoms with Crippen LogP contribution in [-0.4, -0.2) is 4.98 Å². The van der Waals surface area contributed by atoms with Crippen molar-refractivity contribution in [2.75, 3.05) is 0 Å². The van der Waals surface area contributed by atoms with Gasteiger partial charge in [0, 0.05) is 16.5 Å². The normalized spacial score (nSPS) is 10.6. The van der Waals surface area contributed by atoms with E-state index in [0.29, 0.717) is 0 Å². The Bertz CT molecular complexity index is 698. The minimum atomic E-state index is 1.06. The quantitative estimate of drug-likeness (QED) is 0.628. The third-order valence-corrected chi connectivity index (χ3v) is 4.06. The van der Waals surface area contributed by atoms with Gasteiger partial charge in [0.25, 0.3) is 0 Å². The first-order chi connectivity index (χ1) is 9.24. The van der Waals surface area contributed by atoms with Crippen molar-refractivity contribution in [1.29, 1.82) is 0 Å². The third kappa shape index (κ3) is 2.45. The lowest BCUT2D eigenvalue weighted by molar-refractivity contribution is 1.34. The van der Waals surface area contributed by atoms with Gasteiger partial charge in [0.05, 0.1) is 5.69 Å². The fourth-order valence-electron chi connectivity index (χ4n) is 2.19. The number of rotatable bonds is 2. The number of nitrogens with zero attached hydrogens (tertiary/aromatic N) is 1. The molecule has 0 fully saturated rings. The first-order valence-corrected chi connectivity index (χ1v) is 7.20. The Labute approximate surface area is 117 Å². The Hall–Kier alpha value is -1.93. The molecule has 0 amide bonds. The number of benzene rings is 2. The summed E-state index contributed by atoms with van der Waals surface area (Å²) in [6.45, 7) is 4.26. The lowest BCUT2D eigenvalue weighted by atomic mass is 10.1. The summed E-state index contributed by atoms with van der Waals surface area (Å²) >= 11 is 1.71. The van der Waals surface area contributed by atoms with Gasteiger partial charge < -0.3 is 0 Å². The molecule has 1 heterocycles. The van der Waals surface area contributed by atoms with Crippen LogP contribution in [0.5, 0.6) is 0 Å². The highest BCUT2D eigenvalue weighted by Crippen LogP contribution is 2.30. The number of aryl methyl sites for hydroxylation is 2. The van der Waals surface area contributed by atoms with E-state index in [1.807, 2.05) is 18.2 Å². The summed E-state index contributed by atoms with van der Waals surface area (Å²) in [6.07, 6.45) is 0. The molecule has 3 aromatic rings. The maximum absolute atomic E-state index is 4.76. The Kier molecular flexibility index (Phi) is 3.18. The van der Waals surface area contributed by atoms with Crippen LogP contribution < -0.4 is 0 Å². The molecule has 2 heteroatoms. The molecule has 0 spiro atoms. The Morgan fingerprint density at radius 1 is 0.947 bits per heavy atom. The molecular weight excluding hydrogens is 250 g/mol. The summed E-state index contributed by atoms with van der Waals surface area (Å²) < 4.78 is 0. The summed E-state index contributed by atoms with van der Waals surface area (Å²) in [6, 6.07) is 16.8. The molecule has 0 aliphatic rings. The lowest BCUT2D eigenvalue weighted by Crippen LogP contribution is -1.84. The number of aromatic nitrogens is 1. The van der Waals surface area contributed by atoms with Crippen molar-refractivity contribution in [3.63, 3.8) is 0 Å². The highest BCUT2D eigenvalue weighted by Gasteiger charge is 2.08. The van der Waals surface area contributed by atoms with Gasteiger partial charge in [0.1, 0.15) is 5.01 Å². The van der Waals surface area contributed by atoms with Crippen molar-refractivity contribution in [2.24, 2.45) is 0 Å². The molecule has 0 saturated carbocycles. The van der Waals surface area contributed by atoms with Gasteiger partial charge in [-0.25, -0.2) is 4.98 Å². The minimum Gasteiger partial charge on any atom is -0.236 e. The highest BCUT2D eigenvalue weighted by atomic mass is 32.1. The molecule has 1 aromatic heterocycles. The van der Waals surface area contributed by atoms with E-state index >= 15 is 0 Å². The second-order valence-electron chi connectivity index (χ2n) is 4.72. The summed E-state index contributed by atoms with van der Waals surface area (Å²) in [4.78, 5) is 4.76. The molecule has 19 heavy (non-hydrogen) atoms. The zero-order chi connectivity index (χ0) is 13.2. The van der Waals surface area contributed by atoms with Gasteiger partial charge in [-0.15, -0.1) is 11.3 Å². The molecule has 94 valence electrons. The molecular formula is C17H15NS. The monoisotopic (exact) mass is 265 g/mol. The van der Waals surface area contributed by atoms with Crippen molar-refractivity contribution in [3.8, 4) is 21.8 Å². The van der Waals surface area contributed by atoms with Gasteiger partial charge >= 0.3 is 0 Å². The van der Waals surface area contributed by atoms with Crippen LogP contribution in [-0.2, 0) is 0 Å². The standard InChI is InChI=1S/C17H15NS/c1-12-8-9-15(13(2)10-12)17-18-16(11-19-17)14-6-4-3-5-7-14/h3-11H,1-2H3. The van der Waals surface area contributed by atoms with Crippen molar-refractivity contribution in [2.45, 2.75) is 13.8 Å². The Morgan fingerprint density at radius 3 is 2.47 bits per heavy atom. The average Bonchev–Trinajstić information content (AvgIpc) is 2.89. The zero-order valence-corrected chi connectivity index (χ0v) is 11.9. The molecule has 0 aliphatic heterocycles. The van der Waals surface area contributed by atoms with E-state index in [4.69, 9.17) is 4.98 Å². The van der Waals surface area contributed by atoms with Crippen molar-refractivity contribution < 1.29 is 0 Å². The van der Waals surface area contributed by atoms with E-state index < -0.39 is 0 Å². The minimum absolute atomic E-state index is 1.06. The van der Waals surface area contributed by atoms with Gasteiger partial charge in [-0.1, -0.05) is 54.1 Å². The molecule has 0 atom stereocenters. The summed E-state index contributed by atoms with van der Waals surface area (Å²) in [5.74, 6) is 0. The van der Waals surface area contributed by atoms with Crippen LogP contribution in [0, 0.1) is 13.8 Å². The van der Waals surface area contributed by atoms with Crippen molar-refractivity contribution in [1.82, 2.24) is 4.98 Å². The second-order valence-corrected chi connectivity index (χ2v) is 5.58. The number of hydrogen-bond acceptors (Lipinski definition) is 2. The van der Waals surface area contributed by atoms with E-state index in [-0.39, 0.29) is 0 Å². The van der Waals surface area contributed by atoms with Crippen LogP contribution in [0.1, 0.15) is 11.1 Å². The van der Waals surface area contributed by atoms with Crippen LogP contribution in [0.3, 0.4) is 0 Å². The zero-order valence-electron chi connectivity index (χ0n) is 11.1. The van der Waals surface area contributed by atoms with Crippen LogP contribution in [0.15, 0.2) is 53.9 Å². The Morgan fingerprint density at radius 2 is 1.74 bits per heavy atom. The largest absolute Gasteiger partial charge is 0.236 e. The summed E-state index contributed by atoms with van der Waals surface area (Å²) in [7, 11) is 0. The molecule has 0 bridgehead atoms. The lowest BCUT2D eigenvalue weighted by Gasteiger charge is -2.03. The topological polar surface area (TPSA) is 12.9 Å².